The summed E-state index contributed by atoms with van der Waals surface area (Å²) in [4.78, 5) is 0. The molecule has 134 valence electrons. The molecule has 1 aromatic carbocycles. The van der Waals surface area contributed by atoms with Crippen LogP contribution in [0.2, 0.25) is 0 Å². The van der Waals surface area contributed by atoms with Crippen molar-refractivity contribution in [3.05, 3.63) is 47.1 Å². The first kappa shape index (κ1) is 17.6. The zero-order chi connectivity index (χ0) is 19.2. The predicted octanol–water partition coefficient (Wildman–Crippen LogP) is 4.56. The number of halogens is 3. The summed E-state index contributed by atoms with van der Waals surface area (Å²) in [6.45, 7) is 3.19. The Balaban J connectivity index is 2.51. The lowest BCUT2D eigenvalue weighted by Gasteiger charge is -2.12. The normalized spacial score (nSPS) is 11.6. The molecule has 0 unspecified atom stereocenters. The van der Waals surface area contributed by atoms with Crippen LogP contribution < -0.4 is 0 Å². The molecule has 0 aliphatic heterocycles. The van der Waals surface area contributed by atoms with E-state index in [2.05, 4.69) is 5.16 Å². The van der Waals surface area contributed by atoms with E-state index >= 15 is 0 Å². The molecule has 26 heavy (non-hydrogen) atoms. The second kappa shape index (κ2) is 5.95. The predicted molar refractivity (Wildman–Crippen MR) is 87.2 cm³/mol. The van der Waals surface area contributed by atoms with Crippen LogP contribution in [0.4, 0.5) is 13.2 Å². The fraction of sp³-hybridized carbons (Fsp3) is 0.222. The van der Waals surface area contributed by atoms with E-state index < -0.39 is 11.9 Å². The number of nitrogens with zero attached hydrogens (tertiary/aromatic N) is 3. The molecule has 0 atom stereocenters. The fourth-order valence-corrected chi connectivity index (χ4v) is 3.14. The van der Waals surface area contributed by atoms with E-state index in [9.17, 15) is 23.5 Å². The molecule has 0 radical (unpaired) electrons. The number of hydrogen-bond donors (Lipinski definition) is 1. The number of phenols is 1. The molecule has 0 aliphatic rings. The van der Waals surface area contributed by atoms with E-state index in [-0.39, 0.29) is 28.1 Å². The number of aromatic nitrogens is 2. The lowest BCUT2D eigenvalue weighted by atomic mass is 9.93. The van der Waals surface area contributed by atoms with Crippen molar-refractivity contribution in [3.8, 4) is 34.1 Å². The Bertz CT molecular complexity index is 1000. The van der Waals surface area contributed by atoms with E-state index in [4.69, 9.17) is 4.52 Å². The summed E-state index contributed by atoms with van der Waals surface area (Å²) in [6.07, 6.45) is -4.69. The smallest absolute Gasteiger partial charge is 0.432 e. The lowest BCUT2D eigenvalue weighted by Crippen LogP contribution is -2.13. The van der Waals surface area contributed by atoms with Crippen LogP contribution in [0.3, 0.4) is 0 Å². The standard InChI is InChI=1S/C18H14F3N3O2/c1-9-14(10(2)26-23-9)16-13(8-22)24(3)17(18(19,20)21)15(16)11-4-6-12(25)7-5-11/h4-7,25H,1-3H3. The van der Waals surface area contributed by atoms with Gasteiger partial charge in [-0.1, -0.05) is 17.3 Å². The average Bonchev–Trinajstić information content (AvgIpc) is 3.04. The first-order valence-corrected chi connectivity index (χ1v) is 7.59. The number of aromatic hydroxyl groups is 1. The van der Waals surface area contributed by atoms with Gasteiger partial charge in [0.1, 0.15) is 29.0 Å². The zero-order valence-electron chi connectivity index (χ0n) is 14.1. The van der Waals surface area contributed by atoms with E-state index in [1.54, 1.807) is 13.8 Å². The van der Waals surface area contributed by atoms with E-state index in [0.717, 1.165) is 4.57 Å². The SMILES string of the molecule is Cc1noc(C)c1-c1c(-c2ccc(O)cc2)c(C(F)(F)F)n(C)c1C#N. The van der Waals surface area contributed by atoms with Crippen LogP contribution in [0.15, 0.2) is 28.8 Å². The fourth-order valence-electron chi connectivity index (χ4n) is 3.14. The minimum Gasteiger partial charge on any atom is -0.508 e. The van der Waals surface area contributed by atoms with Crippen molar-refractivity contribution >= 4 is 0 Å². The number of alkyl halides is 3. The molecule has 2 aromatic heterocycles. The lowest BCUT2D eigenvalue weighted by molar-refractivity contribution is -0.142. The third kappa shape index (κ3) is 2.62. The molecular weight excluding hydrogens is 347 g/mol. The summed E-state index contributed by atoms with van der Waals surface area (Å²) < 4.78 is 47.4. The number of nitriles is 1. The number of aryl methyl sites for hydroxylation is 2. The van der Waals surface area contributed by atoms with E-state index in [1.807, 2.05) is 6.07 Å². The van der Waals surface area contributed by atoms with Crippen LogP contribution in [0.5, 0.6) is 5.75 Å². The van der Waals surface area contributed by atoms with Crippen molar-refractivity contribution in [1.29, 1.82) is 5.26 Å². The third-order valence-electron chi connectivity index (χ3n) is 4.21. The summed E-state index contributed by atoms with van der Waals surface area (Å²) in [5.41, 5.74) is -0.156. The van der Waals surface area contributed by atoms with Crippen molar-refractivity contribution in [2.24, 2.45) is 7.05 Å². The van der Waals surface area contributed by atoms with Crippen LogP contribution >= 0.6 is 0 Å². The second-order valence-electron chi connectivity index (χ2n) is 5.86. The maximum atomic E-state index is 13.8. The Morgan fingerprint density at radius 3 is 2.19 bits per heavy atom. The van der Waals surface area contributed by atoms with Crippen molar-refractivity contribution < 1.29 is 22.8 Å². The highest BCUT2D eigenvalue weighted by atomic mass is 19.4. The summed E-state index contributed by atoms with van der Waals surface area (Å²) >= 11 is 0. The number of phenolic OH excluding ortho intramolecular Hbond substituents is 1. The van der Waals surface area contributed by atoms with Gasteiger partial charge in [0.05, 0.1) is 11.3 Å². The Morgan fingerprint density at radius 1 is 1.12 bits per heavy atom. The van der Waals surface area contributed by atoms with Crippen LogP contribution in [0.25, 0.3) is 22.3 Å². The van der Waals surface area contributed by atoms with Crippen molar-refractivity contribution in [2.75, 3.05) is 0 Å². The van der Waals surface area contributed by atoms with Crippen LogP contribution in [-0.2, 0) is 13.2 Å². The van der Waals surface area contributed by atoms with Gasteiger partial charge >= 0.3 is 6.18 Å². The van der Waals surface area contributed by atoms with Gasteiger partial charge in [0.2, 0.25) is 0 Å². The van der Waals surface area contributed by atoms with Crippen LogP contribution in [-0.4, -0.2) is 14.8 Å². The van der Waals surface area contributed by atoms with Gasteiger partial charge in [-0.25, -0.2) is 0 Å². The zero-order valence-corrected chi connectivity index (χ0v) is 14.1. The van der Waals surface area contributed by atoms with E-state index in [0.29, 0.717) is 17.0 Å². The van der Waals surface area contributed by atoms with Gasteiger partial charge in [-0.2, -0.15) is 18.4 Å². The Hall–Kier alpha value is -3.21. The maximum Gasteiger partial charge on any atom is 0.432 e. The minimum atomic E-state index is -4.69. The quantitative estimate of drug-likeness (QED) is 0.726. The Labute approximate surface area is 146 Å². The van der Waals surface area contributed by atoms with Gasteiger partial charge in [-0.05, 0) is 31.5 Å². The highest BCUT2D eigenvalue weighted by molar-refractivity contribution is 5.91. The van der Waals surface area contributed by atoms with Crippen molar-refractivity contribution in [2.45, 2.75) is 20.0 Å². The molecule has 0 saturated heterocycles. The summed E-state index contributed by atoms with van der Waals surface area (Å²) in [6, 6.07) is 7.21. The molecule has 0 fully saturated rings. The molecule has 3 aromatic rings. The number of benzene rings is 1. The number of hydrogen-bond acceptors (Lipinski definition) is 4. The van der Waals surface area contributed by atoms with Crippen LogP contribution in [0.1, 0.15) is 22.8 Å². The largest absolute Gasteiger partial charge is 0.508 e. The maximum absolute atomic E-state index is 13.8. The minimum absolute atomic E-state index is 0.0716. The van der Waals surface area contributed by atoms with Crippen molar-refractivity contribution in [1.82, 2.24) is 9.72 Å². The first-order valence-electron chi connectivity index (χ1n) is 7.59. The molecule has 0 spiro atoms. The van der Waals surface area contributed by atoms with Crippen molar-refractivity contribution in [3.63, 3.8) is 0 Å². The van der Waals surface area contributed by atoms with Gasteiger partial charge in [-0.3, -0.25) is 0 Å². The molecule has 1 N–H and O–H groups in total. The second-order valence-corrected chi connectivity index (χ2v) is 5.86. The van der Waals surface area contributed by atoms with E-state index in [1.165, 1.54) is 31.3 Å². The Kier molecular flexibility index (Phi) is 4.03. The van der Waals surface area contributed by atoms with Gasteiger partial charge < -0.3 is 14.2 Å². The monoisotopic (exact) mass is 361 g/mol. The highest BCUT2D eigenvalue weighted by Crippen LogP contribution is 2.47. The average molecular weight is 361 g/mol. The molecule has 0 saturated carbocycles. The molecular formula is C18H14F3N3O2. The van der Waals surface area contributed by atoms with Gasteiger partial charge in [0, 0.05) is 18.2 Å². The van der Waals surface area contributed by atoms with Gasteiger partial charge in [0.25, 0.3) is 0 Å². The first-order chi connectivity index (χ1) is 12.2. The summed E-state index contributed by atoms with van der Waals surface area (Å²) in [5, 5.41) is 22.8. The van der Waals surface area contributed by atoms with Crippen LogP contribution in [0, 0.1) is 25.2 Å². The summed E-state index contributed by atoms with van der Waals surface area (Å²) in [7, 11) is 1.20. The highest BCUT2D eigenvalue weighted by Gasteiger charge is 2.41. The molecule has 3 rings (SSSR count). The van der Waals surface area contributed by atoms with Gasteiger partial charge in [-0.15, -0.1) is 0 Å². The molecule has 2 heterocycles. The molecule has 0 amide bonds. The molecule has 0 aliphatic carbocycles. The Morgan fingerprint density at radius 2 is 1.73 bits per heavy atom. The topological polar surface area (TPSA) is 75.0 Å². The van der Waals surface area contributed by atoms with Gasteiger partial charge in [0.15, 0.2) is 0 Å². The third-order valence-corrected chi connectivity index (χ3v) is 4.21. The number of rotatable bonds is 2. The summed E-state index contributed by atoms with van der Waals surface area (Å²) in [5.74, 6) is 0.246. The molecule has 5 nitrogen and oxygen atoms in total. The molecule has 0 bridgehead atoms. The molecule has 8 heteroatoms.